The molecule has 1 aliphatic heterocycles. The molecule has 2 rings (SSSR count). The van der Waals surface area contributed by atoms with Crippen molar-refractivity contribution in [3.8, 4) is 0 Å². The first-order valence-corrected chi connectivity index (χ1v) is 7.57. The number of nitrogens with one attached hydrogen (secondary N) is 2. The van der Waals surface area contributed by atoms with Gasteiger partial charge in [-0.15, -0.1) is 0 Å². The Morgan fingerprint density at radius 2 is 2.05 bits per heavy atom. The SMILES string of the molecule is CC1CCC(NS(=O)(=O)c2ccc(F)cc2F)CN1. The summed E-state index contributed by atoms with van der Waals surface area (Å²) < 4.78 is 52.7. The van der Waals surface area contributed by atoms with Crippen molar-refractivity contribution in [3.05, 3.63) is 29.8 Å². The standard InChI is InChI=1S/C12H16F2N2O2S/c1-8-2-4-10(7-15-8)16-19(17,18)12-5-3-9(13)6-11(12)14/h3,5-6,8,10,15-16H,2,4,7H2,1H3. The van der Waals surface area contributed by atoms with E-state index < -0.39 is 26.6 Å². The van der Waals surface area contributed by atoms with Crippen molar-refractivity contribution >= 4 is 10.0 Å². The Bertz CT molecular complexity index is 555. The summed E-state index contributed by atoms with van der Waals surface area (Å²) >= 11 is 0. The van der Waals surface area contributed by atoms with E-state index in [1.54, 1.807) is 0 Å². The van der Waals surface area contributed by atoms with Gasteiger partial charge >= 0.3 is 0 Å². The van der Waals surface area contributed by atoms with Crippen LogP contribution in [0, 0.1) is 11.6 Å². The van der Waals surface area contributed by atoms with Crippen LogP contribution >= 0.6 is 0 Å². The van der Waals surface area contributed by atoms with Crippen LogP contribution in [-0.2, 0) is 10.0 Å². The average molecular weight is 290 g/mol. The molecule has 0 aromatic heterocycles. The Labute approximate surface area is 111 Å². The highest BCUT2D eigenvalue weighted by Crippen LogP contribution is 2.17. The fraction of sp³-hybridized carbons (Fsp3) is 0.500. The van der Waals surface area contributed by atoms with Crippen molar-refractivity contribution in [2.24, 2.45) is 0 Å². The van der Waals surface area contributed by atoms with Gasteiger partial charge in [-0.1, -0.05) is 0 Å². The van der Waals surface area contributed by atoms with Gasteiger partial charge in [-0.25, -0.2) is 21.9 Å². The number of rotatable bonds is 3. The third kappa shape index (κ3) is 3.49. The minimum Gasteiger partial charge on any atom is -0.313 e. The van der Waals surface area contributed by atoms with Gasteiger partial charge in [0.2, 0.25) is 10.0 Å². The lowest BCUT2D eigenvalue weighted by Gasteiger charge is -2.28. The molecule has 19 heavy (non-hydrogen) atoms. The summed E-state index contributed by atoms with van der Waals surface area (Å²) in [6.45, 7) is 2.52. The lowest BCUT2D eigenvalue weighted by atomic mass is 10.0. The molecule has 0 amide bonds. The number of hydrogen-bond donors (Lipinski definition) is 2. The van der Waals surface area contributed by atoms with Gasteiger partial charge in [-0.05, 0) is 31.9 Å². The molecule has 1 aromatic rings. The van der Waals surface area contributed by atoms with E-state index in [9.17, 15) is 17.2 Å². The van der Waals surface area contributed by atoms with Gasteiger partial charge in [0.25, 0.3) is 0 Å². The molecule has 2 unspecified atom stereocenters. The summed E-state index contributed by atoms with van der Waals surface area (Å²) in [6, 6.07) is 2.51. The second-order valence-electron chi connectivity index (χ2n) is 4.78. The predicted octanol–water partition coefficient (Wildman–Crippen LogP) is 1.38. The van der Waals surface area contributed by atoms with E-state index in [2.05, 4.69) is 10.0 Å². The molecule has 0 bridgehead atoms. The highest BCUT2D eigenvalue weighted by Gasteiger charge is 2.25. The van der Waals surface area contributed by atoms with Crippen molar-refractivity contribution in [1.82, 2.24) is 10.0 Å². The maximum Gasteiger partial charge on any atom is 0.243 e. The van der Waals surface area contributed by atoms with E-state index in [-0.39, 0.29) is 6.04 Å². The van der Waals surface area contributed by atoms with Gasteiger partial charge in [-0.2, -0.15) is 0 Å². The van der Waals surface area contributed by atoms with E-state index >= 15 is 0 Å². The van der Waals surface area contributed by atoms with Crippen LogP contribution in [-0.4, -0.2) is 27.0 Å². The summed E-state index contributed by atoms with van der Waals surface area (Å²) in [5, 5.41) is 3.15. The molecule has 2 N–H and O–H groups in total. The Balaban J connectivity index is 2.14. The Kier molecular flexibility index (Phi) is 4.17. The zero-order valence-corrected chi connectivity index (χ0v) is 11.3. The van der Waals surface area contributed by atoms with E-state index in [1.807, 2.05) is 6.92 Å². The molecule has 106 valence electrons. The number of hydrogen-bond acceptors (Lipinski definition) is 3. The molecule has 7 heteroatoms. The molecule has 1 aliphatic rings. The van der Waals surface area contributed by atoms with Crippen LogP contribution in [0.1, 0.15) is 19.8 Å². The van der Waals surface area contributed by atoms with Gasteiger partial charge < -0.3 is 5.32 Å². The Morgan fingerprint density at radius 1 is 1.32 bits per heavy atom. The molecule has 0 radical (unpaired) electrons. The highest BCUT2D eigenvalue weighted by atomic mass is 32.2. The van der Waals surface area contributed by atoms with E-state index in [1.165, 1.54) is 0 Å². The largest absolute Gasteiger partial charge is 0.313 e. The molecule has 1 fully saturated rings. The van der Waals surface area contributed by atoms with Gasteiger partial charge in [0.05, 0.1) is 0 Å². The van der Waals surface area contributed by atoms with Gasteiger partial charge in [0.1, 0.15) is 16.5 Å². The van der Waals surface area contributed by atoms with Gasteiger partial charge in [0, 0.05) is 24.7 Å². The summed E-state index contributed by atoms with van der Waals surface area (Å²) in [4.78, 5) is -0.521. The Hall–Kier alpha value is -1.05. The molecule has 4 nitrogen and oxygen atoms in total. The van der Waals surface area contributed by atoms with Crippen molar-refractivity contribution in [3.63, 3.8) is 0 Å². The van der Waals surface area contributed by atoms with Crippen molar-refractivity contribution in [2.75, 3.05) is 6.54 Å². The van der Waals surface area contributed by atoms with Crippen molar-refractivity contribution in [1.29, 1.82) is 0 Å². The molecule has 1 saturated heterocycles. The fourth-order valence-corrected chi connectivity index (χ4v) is 3.41. The summed E-state index contributed by atoms with van der Waals surface area (Å²) in [7, 11) is -3.96. The van der Waals surface area contributed by atoms with Crippen LogP contribution < -0.4 is 10.0 Å². The highest BCUT2D eigenvalue weighted by molar-refractivity contribution is 7.89. The summed E-state index contributed by atoms with van der Waals surface area (Å²) in [6.07, 6.45) is 1.54. The Morgan fingerprint density at radius 3 is 2.63 bits per heavy atom. The molecule has 0 aliphatic carbocycles. The first kappa shape index (κ1) is 14.4. The second-order valence-corrected chi connectivity index (χ2v) is 6.46. The monoisotopic (exact) mass is 290 g/mol. The fourth-order valence-electron chi connectivity index (χ4n) is 2.08. The zero-order chi connectivity index (χ0) is 14.0. The minimum absolute atomic E-state index is 0.273. The lowest BCUT2D eigenvalue weighted by Crippen LogP contribution is -2.48. The smallest absolute Gasteiger partial charge is 0.243 e. The maximum absolute atomic E-state index is 13.5. The molecular formula is C12H16F2N2O2S. The molecule has 1 heterocycles. The van der Waals surface area contributed by atoms with Crippen LogP contribution in [0.25, 0.3) is 0 Å². The lowest BCUT2D eigenvalue weighted by molar-refractivity contribution is 0.365. The molecule has 1 aromatic carbocycles. The third-order valence-corrected chi connectivity index (χ3v) is 4.72. The zero-order valence-electron chi connectivity index (χ0n) is 10.5. The summed E-state index contributed by atoms with van der Waals surface area (Å²) in [5.41, 5.74) is 0. The maximum atomic E-state index is 13.5. The third-order valence-electron chi connectivity index (χ3n) is 3.17. The van der Waals surface area contributed by atoms with Crippen LogP contribution in [0.5, 0.6) is 0 Å². The minimum atomic E-state index is -3.96. The quantitative estimate of drug-likeness (QED) is 0.884. The van der Waals surface area contributed by atoms with Gasteiger partial charge in [0.15, 0.2) is 0 Å². The normalized spacial score (nSPS) is 24.4. The predicted molar refractivity (Wildman–Crippen MR) is 67.2 cm³/mol. The number of halogens is 2. The van der Waals surface area contributed by atoms with Crippen LogP contribution in [0.3, 0.4) is 0 Å². The first-order chi connectivity index (χ1) is 8.88. The van der Waals surface area contributed by atoms with Crippen molar-refractivity contribution in [2.45, 2.75) is 36.7 Å². The first-order valence-electron chi connectivity index (χ1n) is 6.09. The van der Waals surface area contributed by atoms with Crippen molar-refractivity contribution < 1.29 is 17.2 Å². The van der Waals surface area contributed by atoms with Crippen LogP contribution in [0.15, 0.2) is 23.1 Å². The number of piperidine rings is 1. The average Bonchev–Trinajstić information content (AvgIpc) is 2.31. The van der Waals surface area contributed by atoms with Crippen LogP contribution in [0.2, 0.25) is 0 Å². The van der Waals surface area contributed by atoms with E-state index in [4.69, 9.17) is 0 Å². The molecule has 2 atom stereocenters. The molecule has 0 saturated carbocycles. The molecular weight excluding hydrogens is 274 g/mol. The second kappa shape index (κ2) is 5.52. The topological polar surface area (TPSA) is 58.2 Å². The number of benzene rings is 1. The van der Waals surface area contributed by atoms with E-state index in [0.717, 1.165) is 18.6 Å². The number of sulfonamides is 1. The summed E-state index contributed by atoms with van der Waals surface area (Å²) in [5.74, 6) is -1.88. The van der Waals surface area contributed by atoms with E-state index in [0.29, 0.717) is 25.1 Å². The molecule has 0 spiro atoms. The van der Waals surface area contributed by atoms with Gasteiger partial charge in [-0.3, -0.25) is 0 Å². The van der Waals surface area contributed by atoms with Crippen LogP contribution in [0.4, 0.5) is 8.78 Å².